The Morgan fingerprint density at radius 3 is 2.74 bits per heavy atom. The molecule has 1 aliphatic rings. The van der Waals surface area contributed by atoms with E-state index in [0.29, 0.717) is 13.0 Å². The van der Waals surface area contributed by atoms with Crippen LogP contribution >= 0.6 is 0 Å². The van der Waals surface area contributed by atoms with Gasteiger partial charge in [0.1, 0.15) is 0 Å². The fourth-order valence-corrected chi connectivity index (χ4v) is 3.93. The maximum absolute atomic E-state index is 11.5. The second-order valence-electron chi connectivity index (χ2n) is 4.83. The summed E-state index contributed by atoms with van der Waals surface area (Å²) in [6.07, 6.45) is 0.666. The molecular weight excluding hydrogens is 264 g/mol. The number of hydrogen-bond donors (Lipinski definition) is 1. The first-order valence-corrected chi connectivity index (χ1v) is 8.30. The van der Waals surface area contributed by atoms with E-state index in [1.165, 1.54) is 0 Å². The first-order chi connectivity index (χ1) is 9.02. The predicted octanol–water partition coefficient (Wildman–Crippen LogP) is 0.209. The number of nitrogens with zero attached hydrogens (tertiary/aromatic N) is 3. The third kappa shape index (κ3) is 3.63. The van der Waals surface area contributed by atoms with Gasteiger partial charge in [-0.1, -0.05) is 6.92 Å². The van der Waals surface area contributed by atoms with E-state index in [-0.39, 0.29) is 17.5 Å². The van der Waals surface area contributed by atoms with Crippen LogP contribution in [0.15, 0.2) is 12.1 Å². The monoisotopic (exact) mass is 284 g/mol. The van der Waals surface area contributed by atoms with Gasteiger partial charge in [-0.3, -0.25) is 0 Å². The fourth-order valence-electron chi connectivity index (χ4n) is 2.16. The molecule has 1 fully saturated rings. The highest BCUT2D eigenvalue weighted by Crippen LogP contribution is 2.20. The Morgan fingerprint density at radius 2 is 2.21 bits per heavy atom. The molecule has 1 aromatic rings. The summed E-state index contributed by atoms with van der Waals surface area (Å²) < 4.78 is 23.0. The standard InChI is InChI=1S/C12H20N4O2S/c1-3-13-8-10-4-5-12(15-14-10)16(2)11-6-7-19(17,18)9-11/h4-5,11,13H,3,6-9H2,1-2H3. The molecule has 1 saturated heterocycles. The van der Waals surface area contributed by atoms with Crippen LogP contribution in [0.1, 0.15) is 19.0 Å². The number of aromatic nitrogens is 2. The van der Waals surface area contributed by atoms with Gasteiger partial charge in [0.15, 0.2) is 15.7 Å². The third-order valence-electron chi connectivity index (χ3n) is 3.38. The van der Waals surface area contributed by atoms with E-state index in [0.717, 1.165) is 18.1 Å². The lowest BCUT2D eigenvalue weighted by Gasteiger charge is -2.23. The minimum Gasteiger partial charge on any atom is -0.354 e. The van der Waals surface area contributed by atoms with Crippen LogP contribution in [0, 0.1) is 0 Å². The van der Waals surface area contributed by atoms with Crippen molar-refractivity contribution >= 4 is 15.7 Å². The van der Waals surface area contributed by atoms with E-state index < -0.39 is 9.84 Å². The third-order valence-corrected chi connectivity index (χ3v) is 5.13. The molecule has 0 amide bonds. The van der Waals surface area contributed by atoms with Gasteiger partial charge in [-0.05, 0) is 25.1 Å². The van der Waals surface area contributed by atoms with Crippen molar-refractivity contribution in [2.45, 2.75) is 25.9 Å². The highest BCUT2D eigenvalue weighted by atomic mass is 32.2. The SMILES string of the molecule is CCNCc1ccc(N(C)C2CCS(=O)(=O)C2)nn1. The summed E-state index contributed by atoms with van der Waals surface area (Å²) in [5.74, 6) is 1.21. The van der Waals surface area contributed by atoms with E-state index in [1.54, 1.807) is 0 Å². The Kier molecular flexibility index (Phi) is 4.36. The molecule has 1 aromatic heterocycles. The summed E-state index contributed by atoms with van der Waals surface area (Å²) >= 11 is 0. The molecule has 19 heavy (non-hydrogen) atoms. The van der Waals surface area contributed by atoms with Gasteiger partial charge in [0, 0.05) is 19.6 Å². The van der Waals surface area contributed by atoms with Gasteiger partial charge in [0.25, 0.3) is 0 Å². The topological polar surface area (TPSA) is 75.2 Å². The van der Waals surface area contributed by atoms with Crippen molar-refractivity contribution in [1.82, 2.24) is 15.5 Å². The van der Waals surface area contributed by atoms with Gasteiger partial charge in [-0.25, -0.2) is 8.42 Å². The van der Waals surface area contributed by atoms with E-state index in [9.17, 15) is 8.42 Å². The summed E-state index contributed by atoms with van der Waals surface area (Å²) in [6, 6.07) is 3.83. The molecule has 1 aliphatic heterocycles. The second kappa shape index (κ2) is 5.83. The van der Waals surface area contributed by atoms with Crippen molar-refractivity contribution in [3.63, 3.8) is 0 Å². The largest absolute Gasteiger partial charge is 0.354 e. The van der Waals surface area contributed by atoms with Gasteiger partial charge < -0.3 is 10.2 Å². The Bertz CT molecular complexity index is 515. The highest BCUT2D eigenvalue weighted by Gasteiger charge is 2.31. The molecule has 1 unspecified atom stereocenters. The average Bonchev–Trinajstić information content (AvgIpc) is 2.76. The van der Waals surface area contributed by atoms with Crippen LogP contribution in [0.25, 0.3) is 0 Å². The molecular formula is C12H20N4O2S. The lowest BCUT2D eigenvalue weighted by Crippen LogP contribution is -2.33. The number of rotatable bonds is 5. The Hall–Kier alpha value is -1.21. The molecule has 1 N–H and O–H groups in total. The summed E-state index contributed by atoms with van der Waals surface area (Å²) in [6.45, 7) is 3.63. The maximum Gasteiger partial charge on any atom is 0.152 e. The zero-order valence-corrected chi connectivity index (χ0v) is 12.2. The first-order valence-electron chi connectivity index (χ1n) is 6.48. The molecule has 6 nitrogen and oxygen atoms in total. The van der Waals surface area contributed by atoms with Gasteiger partial charge in [-0.15, -0.1) is 5.10 Å². The van der Waals surface area contributed by atoms with Crippen molar-refractivity contribution in [3.05, 3.63) is 17.8 Å². The van der Waals surface area contributed by atoms with Crippen LogP contribution < -0.4 is 10.2 Å². The molecule has 7 heteroatoms. The van der Waals surface area contributed by atoms with Gasteiger partial charge in [0.05, 0.1) is 17.2 Å². The van der Waals surface area contributed by atoms with E-state index >= 15 is 0 Å². The van der Waals surface area contributed by atoms with Crippen LogP contribution in [0.5, 0.6) is 0 Å². The van der Waals surface area contributed by atoms with Crippen molar-refractivity contribution < 1.29 is 8.42 Å². The molecule has 2 heterocycles. The van der Waals surface area contributed by atoms with Gasteiger partial charge >= 0.3 is 0 Å². The predicted molar refractivity (Wildman–Crippen MR) is 74.9 cm³/mol. The van der Waals surface area contributed by atoms with Crippen LogP contribution in [0.4, 0.5) is 5.82 Å². The van der Waals surface area contributed by atoms with Crippen molar-refractivity contribution in [2.24, 2.45) is 0 Å². The molecule has 0 aliphatic carbocycles. The highest BCUT2D eigenvalue weighted by molar-refractivity contribution is 7.91. The molecule has 0 bridgehead atoms. The van der Waals surface area contributed by atoms with Crippen LogP contribution in [-0.2, 0) is 16.4 Å². The normalized spacial score (nSPS) is 21.5. The van der Waals surface area contributed by atoms with E-state index in [2.05, 4.69) is 15.5 Å². The average molecular weight is 284 g/mol. The molecule has 0 radical (unpaired) electrons. The second-order valence-corrected chi connectivity index (χ2v) is 7.06. The summed E-state index contributed by atoms with van der Waals surface area (Å²) in [5, 5.41) is 11.5. The van der Waals surface area contributed by atoms with Crippen molar-refractivity contribution in [2.75, 3.05) is 30.0 Å². The van der Waals surface area contributed by atoms with Gasteiger partial charge in [-0.2, -0.15) is 5.10 Å². The minimum atomic E-state index is -2.87. The van der Waals surface area contributed by atoms with Crippen molar-refractivity contribution in [1.29, 1.82) is 0 Å². The summed E-state index contributed by atoms with van der Waals surface area (Å²) in [7, 11) is -0.994. The fraction of sp³-hybridized carbons (Fsp3) is 0.667. The van der Waals surface area contributed by atoms with Crippen molar-refractivity contribution in [3.8, 4) is 0 Å². The Morgan fingerprint density at radius 1 is 1.42 bits per heavy atom. The molecule has 106 valence electrons. The molecule has 1 atom stereocenters. The Labute approximate surface area is 114 Å². The smallest absolute Gasteiger partial charge is 0.152 e. The van der Waals surface area contributed by atoms with Crippen LogP contribution in [0.3, 0.4) is 0 Å². The summed E-state index contributed by atoms with van der Waals surface area (Å²) in [5.41, 5.74) is 0.887. The Balaban J connectivity index is 2.01. The van der Waals surface area contributed by atoms with E-state index in [1.807, 2.05) is 31.0 Å². The number of nitrogens with one attached hydrogen (secondary N) is 1. The van der Waals surface area contributed by atoms with Crippen LogP contribution in [0.2, 0.25) is 0 Å². The van der Waals surface area contributed by atoms with Crippen LogP contribution in [-0.4, -0.2) is 49.8 Å². The molecule has 2 rings (SSSR count). The van der Waals surface area contributed by atoms with E-state index in [4.69, 9.17) is 0 Å². The molecule has 0 aromatic carbocycles. The summed E-state index contributed by atoms with van der Waals surface area (Å²) in [4.78, 5) is 1.91. The molecule has 0 saturated carbocycles. The maximum atomic E-state index is 11.5. The zero-order chi connectivity index (χ0) is 13.9. The molecule has 0 spiro atoms. The first kappa shape index (κ1) is 14.2. The number of sulfone groups is 1. The van der Waals surface area contributed by atoms with Gasteiger partial charge in [0.2, 0.25) is 0 Å². The quantitative estimate of drug-likeness (QED) is 0.833. The number of hydrogen-bond acceptors (Lipinski definition) is 6. The lowest BCUT2D eigenvalue weighted by atomic mass is 10.2. The minimum absolute atomic E-state index is 0.0129. The zero-order valence-electron chi connectivity index (χ0n) is 11.3. The number of anilines is 1. The lowest BCUT2D eigenvalue weighted by molar-refractivity contribution is 0.600.